The summed E-state index contributed by atoms with van der Waals surface area (Å²) in [6.45, 7) is 5.08. The average molecular weight is 399 g/mol. The second-order valence-electron chi connectivity index (χ2n) is 8.05. The van der Waals surface area contributed by atoms with E-state index in [2.05, 4.69) is 36.3 Å². The first kappa shape index (κ1) is 19.8. The van der Waals surface area contributed by atoms with Gasteiger partial charge in [0.05, 0.1) is 32.2 Å². The quantitative estimate of drug-likeness (QED) is 0.748. The largest absolute Gasteiger partial charge is 0.497 e. The smallest absolute Gasteiger partial charge is 0.337 e. The maximum absolute atomic E-state index is 12.3. The Kier molecular flexibility index (Phi) is 5.54. The Morgan fingerprint density at radius 1 is 1.31 bits per heavy atom. The van der Waals surface area contributed by atoms with E-state index >= 15 is 0 Å². The van der Waals surface area contributed by atoms with Crippen LogP contribution in [0, 0.1) is 11.8 Å². The second-order valence-corrected chi connectivity index (χ2v) is 8.05. The summed E-state index contributed by atoms with van der Waals surface area (Å²) in [5, 5.41) is 4.96. The fraction of sp³-hybridized carbons (Fsp3) is 0.522. The van der Waals surface area contributed by atoms with Crippen molar-refractivity contribution in [3.8, 4) is 5.75 Å². The number of hydrogen-bond donors (Lipinski definition) is 2. The molecule has 2 N–H and O–H groups in total. The average Bonchev–Trinajstić information content (AvgIpc) is 3.11. The van der Waals surface area contributed by atoms with Gasteiger partial charge in [-0.25, -0.2) is 4.79 Å². The minimum Gasteiger partial charge on any atom is -0.497 e. The van der Waals surface area contributed by atoms with Gasteiger partial charge in [0.25, 0.3) is 0 Å². The van der Waals surface area contributed by atoms with E-state index in [9.17, 15) is 4.79 Å². The van der Waals surface area contributed by atoms with Crippen LogP contribution in [0.5, 0.6) is 5.75 Å². The molecule has 2 aliphatic rings. The molecule has 1 fully saturated rings. The molecule has 0 bridgehead atoms. The normalized spacial score (nSPS) is 26.4. The summed E-state index contributed by atoms with van der Waals surface area (Å²) < 4.78 is 16.2. The van der Waals surface area contributed by atoms with Crippen molar-refractivity contribution < 1.29 is 19.0 Å². The number of hydrogen-bond acceptors (Lipinski definition) is 5. The van der Waals surface area contributed by atoms with Crippen LogP contribution in [-0.4, -0.2) is 37.8 Å². The molecule has 1 aromatic carbocycles. The minimum atomic E-state index is -0.289. The van der Waals surface area contributed by atoms with Gasteiger partial charge in [0, 0.05) is 47.1 Å². The number of esters is 1. The molecule has 3 heterocycles. The molecule has 4 atom stereocenters. The number of fused-ring (bicyclic) bond motifs is 2. The third-order valence-electron chi connectivity index (χ3n) is 6.43. The lowest BCUT2D eigenvalue weighted by Gasteiger charge is -2.42. The van der Waals surface area contributed by atoms with Crippen molar-refractivity contribution in [3.63, 3.8) is 0 Å². The van der Waals surface area contributed by atoms with Crippen LogP contribution in [0.1, 0.15) is 44.0 Å². The molecule has 6 heteroatoms. The number of piperidine rings is 1. The number of carbonyl (C=O) groups is 1. The van der Waals surface area contributed by atoms with Gasteiger partial charge in [0.1, 0.15) is 5.75 Å². The Balaban J connectivity index is 1.70. The lowest BCUT2D eigenvalue weighted by molar-refractivity contribution is -0.138. The van der Waals surface area contributed by atoms with E-state index < -0.39 is 0 Å². The first-order valence-electron chi connectivity index (χ1n) is 10.4. The third-order valence-corrected chi connectivity index (χ3v) is 6.43. The van der Waals surface area contributed by atoms with Crippen molar-refractivity contribution in [3.05, 3.63) is 41.3 Å². The lowest BCUT2D eigenvalue weighted by atomic mass is 9.74. The summed E-state index contributed by atoms with van der Waals surface area (Å²) in [4.78, 5) is 16.0. The molecule has 0 unspecified atom stereocenters. The standard InChI is InChI=1S/C23H30N2O4/c1-5-6-16-15-8-7-14(27-3)9-20(15)25-22(16)21-10-17-18(11-24-21)13(2)29-12-19(17)23(26)28-4/h7-9,12-13,17-18,21,24-25H,5-6,10-11H2,1-4H3/t13-,17+,18+,21+/m1/s1. The summed E-state index contributed by atoms with van der Waals surface area (Å²) in [7, 11) is 3.12. The Morgan fingerprint density at radius 2 is 2.14 bits per heavy atom. The number of rotatable bonds is 5. The van der Waals surface area contributed by atoms with Gasteiger partial charge in [-0.05, 0) is 37.5 Å². The van der Waals surface area contributed by atoms with Crippen LogP contribution in [0.4, 0.5) is 0 Å². The molecule has 0 saturated carbocycles. The zero-order valence-electron chi connectivity index (χ0n) is 17.6. The Morgan fingerprint density at radius 3 is 2.86 bits per heavy atom. The number of ether oxygens (including phenoxy) is 3. The molecular weight excluding hydrogens is 368 g/mol. The fourth-order valence-electron chi connectivity index (χ4n) is 4.89. The first-order valence-corrected chi connectivity index (χ1v) is 10.4. The Hall–Kier alpha value is -2.47. The third kappa shape index (κ3) is 3.50. The summed E-state index contributed by atoms with van der Waals surface area (Å²) >= 11 is 0. The summed E-state index contributed by atoms with van der Waals surface area (Å²) in [5.41, 5.74) is 4.31. The van der Waals surface area contributed by atoms with Crippen molar-refractivity contribution in [1.29, 1.82) is 0 Å². The number of aromatic nitrogens is 1. The molecule has 1 saturated heterocycles. The monoisotopic (exact) mass is 398 g/mol. The number of nitrogens with one attached hydrogen (secondary N) is 2. The van der Waals surface area contributed by atoms with Crippen LogP contribution in [-0.2, 0) is 20.7 Å². The van der Waals surface area contributed by atoms with E-state index in [-0.39, 0.29) is 30.0 Å². The first-order chi connectivity index (χ1) is 14.1. The van der Waals surface area contributed by atoms with E-state index in [0.717, 1.165) is 37.1 Å². The molecule has 1 aromatic heterocycles. The maximum atomic E-state index is 12.3. The van der Waals surface area contributed by atoms with Crippen molar-refractivity contribution in [1.82, 2.24) is 10.3 Å². The van der Waals surface area contributed by atoms with Gasteiger partial charge in [0.15, 0.2) is 0 Å². The summed E-state index contributed by atoms with van der Waals surface area (Å²) in [5.74, 6) is 0.930. The molecule has 0 amide bonds. The molecule has 29 heavy (non-hydrogen) atoms. The Labute approximate surface area is 171 Å². The zero-order chi connectivity index (χ0) is 20.5. The van der Waals surface area contributed by atoms with Gasteiger partial charge < -0.3 is 24.5 Å². The van der Waals surface area contributed by atoms with Gasteiger partial charge in [-0.1, -0.05) is 13.3 Å². The van der Waals surface area contributed by atoms with Gasteiger partial charge in [-0.2, -0.15) is 0 Å². The molecule has 0 radical (unpaired) electrons. The van der Waals surface area contributed by atoms with Gasteiger partial charge in [0.2, 0.25) is 0 Å². The molecular formula is C23H30N2O4. The summed E-state index contributed by atoms with van der Waals surface area (Å²) in [6.07, 6.45) is 4.60. The van der Waals surface area contributed by atoms with Crippen LogP contribution in [0.25, 0.3) is 10.9 Å². The molecule has 0 aliphatic carbocycles. The highest BCUT2D eigenvalue weighted by molar-refractivity contribution is 5.89. The van der Waals surface area contributed by atoms with Crippen LogP contribution < -0.4 is 10.1 Å². The molecule has 156 valence electrons. The molecule has 2 aromatic rings. The predicted octanol–water partition coefficient (Wildman–Crippen LogP) is 3.87. The maximum Gasteiger partial charge on any atom is 0.337 e. The molecule has 6 nitrogen and oxygen atoms in total. The number of H-pyrrole nitrogens is 1. The molecule has 2 aliphatic heterocycles. The number of benzene rings is 1. The van der Waals surface area contributed by atoms with Crippen molar-refractivity contribution in [2.75, 3.05) is 20.8 Å². The lowest BCUT2D eigenvalue weighted by Crippen LogP contribution is -2.47. The number of methoxy groups -OCH3 is 2. The van der Waals surface area contributed by atoms with Crippen LogP contribution in [0.15, 0.2) is 30.0 Å². The van der Waals surface area contributed by atoms with E-state index in [1.807, 2.05) is 6.07 Å². The zero-order valence-corrected chi connectivity index (χ0v) is 17.6. The van der Waals surface area contributed by atoms with Crippen molar-refractivity contribution in [2.24, 2.45) is 11.8 Å². The van der Waals surface area contributed by atoms with Crippen molar-refractivity contribution >= 4 is 16.9 Å². The predicted molar refractivity (Wildman–Crippen MR) is 112 cm³/mol. The highest BCUT2D eigenvalue weighted by Crippen LogP contribution is 2.42. The van der Waals surface area contributed by atoms with Crippen LogP contribution in [0.3, 0.4) is 0 Å². The van der Waals surface area contributed by atoms with Crippen LogP contribution in [0.2, 0.25) is 0 Å². The number of carbonyl (C=O) groups excluding carboxylic acids is 1. The van der Waals surface area contributed by atoms with E-state index in [0.29, 0.717) is 5.57 Å². The van der Waals surface area contributed by atoms with E-state index in [4.69, 9.17) is 14.2 Å². The molecule has 0 spiro atoms. The van der Waals surface area contributed by atoms with Crippen molar-refractivity contribution in [2.45, 2.75) is 45.3 Å². The van der Waals surface area contributed by atoms with Gasteiger partial charge in [-0.3, -0.25) is 0 Å². The second kappa shape index (κ2) is 8.11. The van der Waals surface area contributed by atoms with E-state index in [1.54, 1.807) is 13.4 Å². The highest BCUT2D eigenvalue weighted by Gasteiger charge is 2.42. The van der Waals surface area contributed by atoms with Gasteiger partial charge in [-0.15, -0.1) is 0 Å². The minimum absolute atomic E-state index is 0.0731. The molecule has 4 rings (SSSR count). The topological polar surface area (TPSA) is 72.6 Å². The summed E-state index contributed by atoms with van der Waals surface area (Å²) in [6, 6.07) is 6.36. The van der Waals surface area contributed by atoms with Gasteiger partial charge >= 0.3 is 5.97 Å². The SMILES string of the molecule is CCCc1c([C@@H]2C[C@@H]3C(C(=O)OC)=CO[C@H](C)[C@@H]3CN2)[nH]c2cc(OC)ccc12. The fourth-order valence-corrected chi connectivity index (χ4v) is 4.89. The highest BCUT2D eigenvalue weighted by atomic mass is 16.5. The van der Waals surface area contributed by atoms with Crippen LogP contribution >= 0.6 is 0 Å². The van der Waals surface area contributed by atoms with E-state index in [1.165, 1.54) is 23.8 Å². The Bertz CT molecular complexity index is 932. The number of aromatic amines is 1. The number of aryl methyl sites for hydroxylation is 1.